The summed E-state index contributed by atoms with van der Waals surface area (Å²) in [6.45, 7) is 4.85. The van der Waals surface area contributed by atoms with E-state index in [1.807, 2.05) is 24.3 Å². The number of benzene rings is 2. The van der Waals surface area contributed by atoms with Crippen LogP contribution in [0.3, 0.4) is 0 Å². The van der Waals surface area contributed by atoms with Gasteiger partial charge in [-0.15, -0.1) is 0 Å². The second-order valence-electron chi connectivity index (χ2n) is 9.19. The zero-order valence-electron chi connectivity index (χ0n) is 19.8. The Hall–Kier alpha value is -3.78. The van der Waals surface area contributed by atoms with Crippen LogP contribution >= 0.6 is 0 Å². The van der Waals surface area contributed by atoms with Gasteiger partial charge in [-0.1, -0.05) is 43.3 Å². The number of nitrogen functional groups attached to an aromatic ring is 1. The monoisotopic (exact) mass is 470 g/mol. The molecule has 2 atom stereocenters. The number of carbonyl (C=O) groups is 2. The molecule has 0 spiro atoms. The maximum atomic E-state index is 13.0. The summed E-state index contributed by atoms with van der Waals surface area (Å²) in [7, 11) is 0. The van der Waals surface area contributed by atoms with Crippen molar-refractivity contribution in [2.45, 2.75) is 38.3 Å². The Morgan fingerprint density at radius 1 is 1.09 bits per heavy atom. The number of likely N-dealkylation sites (tertiary alicyclic amines) is 1. The normalized spacial score (nSPS) is 19.3. The summed E-state index contributed by atoms with van der Waals surface area (Å²) in [6, 6.07) is 15.5. The first kappa shape index (κ1) is 23.0. The molecule has 2 heterocycles. The minimum absolute atomic E-state index is 0.00758. The number of nitrogens with one attached hydrogen (secondary N) is 2. The first-order chi connectivity index (χ1) is 17.0. The van der Waals surface area contributed by atoms with Crippen LogP contribution in [0.15, 0.2) is 54.7 Å². The maximum absolute atomic E-state index is 13.0. The summed E-state index contributed by atoms with van der Waals surface area (Å²) in [4.78, 5) is 36.9. The van der Waals surface area contributed by atoms with E-state index in [0.717, 1.165) is 38.9 Å². The van der Waals surface area contributed by atoms with E-state index in [9.17, 15) is 9.59 Å². The lowest BCUT2D eigenvalue weighted by Crippen LogP contribution is -2.38. The van der Waals surface area contributed by atoms with Crippen molar-refractivity contribution in [2.75, 3.05) is 25.4 Å². The second kappa shape index (κ2) is 9.84. The van der Waals surface area contributed by atoms with E-state index >= 15 is 0 Å². The number of aromatic nitrogens is 2. The highest BCUT2D eigenvalue weighted by atomic mass is 16.2. The standard InChI is InChI=1S/C27H30N6O2/c1-2-33-13-12-20(16-33)30-27(35)24-25(28)29-15-23(31-24)18-7-5-8-19(14-18)26(34)32-22-11-10-17-6-3-4-9-21(17)22/h3-9,14-15,20,22H,2,10-13,16H2,1H3,(H2,28,29)(H,30,35)(H,32,34)/t20-,22?/m0/s1. The average molecular weight is 471 g/mol. The van der Waals surface area contributed by atoms with Gasteiger partial charge in [0.2, 0.25) is 0 Å². The van der Waals surface area contributed by atoms with Crippen molar-refractivity contribution in [2.24, 2.45) is 0 Å². The lowest BCUT2D eigenvalue weighted by atomic mass is 10.1. The van der Waals surface area contributed by atoms with Crippen molar-refractivity contribution in [3.8, 4) is 11.3 Å². The molecular weight excluding hydrogens is 440 g/mol. The Morgan fingerprint density at radius 3 is 2.77 bits per heavy atom. The fraction of sp³-hybridized carbons (Fsp3) is 0.333. The predicted molar refractivity (Wildman–Crippen MR) is 135 cm³/mol. The van der Waals surface area contributed by atoms with E-state index in [2.05, 4.69) is 44.6 Å². The zero-order valence-corrected chi connectivity index (χ0v) is 19.8. The first-order valence-electron chi connectivity index (χ1n) is 12.2. The molecular formula is C27H30N6O2. The van der Waals surface area contributed by atoms with Crippen LogP contribution < -0.4 is 16.4 Å². The van der Waals surface area contributed by atoms with Crippen LogP contribution in [-0.2, 0) is 6.42 Å². The molecule has 0 saturated carbocycles. The second-order valence-corrected chi connectivity index (χ2v) is 9.19. The number of aryl methyl sites for hydroxylation is 1. The van der Waals surface area contributed by atoms with Crippen LogP contribution in [0, 0.1) is 0 Å². The van der Waals surface area contributed by atoms with Gasteiger partial charge in [0.15, 0.2) is 11.5 Å². The molecule has 3 aromatic rings. The number of hydrogen-bond donors (Lipinski definition) is 3. The third-order valence-corrected chi connectivity index (χ3v) is 6.93. The molecule has 1 fully saturated rings. The van der Waals surface area contributed by atoms with Gasteiger partial charge in [0.05, 0.1) is 17.9 Å². The van der Waals surface area contributed by atoms with E-state index in [0.29, 0.717) is 16.8 Å². The molecule has 2 aliphatic rings. The molecule has 0 bridgehead atoms. The van der Waals surface area contributed by atoms with Gasteiger partial charge in [0.25, 0.3) is 11.8 Å². The van der Waals surface area contributed by atoms with Gasteiger partial charge in [-0.25, -0.2) is 9.97 Å². The van der Waals surface area contributed by atoms with Crippen molar-refractivity contribution in [1.82, 2.24) is 25.5 Å². The number of rotatable bonds is 6. The van der Waals surface area contributed by atoms with Crippen molar-refractivity contribution >= 4 is 17.6 Å². The average Bonchev–Trinajstić information content (AvgIpc) is 3.51. The smallest absolute Gasteiger partial charge is 0.274 e. The summed E-state index contributed by atoms with van der Waals surface area (Å²) < 4.78 is 0. The Kier molecular flexibility index (Phi) is 6.46. The van der Waals surface area contributed by atoms with E-state index in [1.165, 1.54) is 17.3 Å². The Morgan fingerprint density at radius 2 is 1.94 bits per heavy atom. The SMILES string of the molecule is CCN1CC[C@H](NC(=O)c2nc(-c3cccc(C(=O)NC4CCc5ccccc54)c3)cnc2N)C1. The van der Waals surface area contributed by atoms with Gasteiger partial charge in [-0.2, -0.15) is 0 Å². The molecule has 0 radical (unpaired) electrons. The van der Waals surface area contributed by atoms with E-state index in [-0.39, 0.29) is 35.4 Å². The molecule has 8 nitrogen and oxygen atoms in total. The highest BCUT2D eigenvalue weighted by molar-refractivity contribution is 5.97. The lowest BCUT2D eigenvalue weighted by molar-refractivity contribution is 0.0926. The van der Waals surface area contributed by atoms with Crippen molar-refractivity contribution in [3.63, 3.8) is 0 Å². The molecule has 5 rings (SSSR count). The van der Waals surface area contributed by atoms with Gasteiger partial charge in [0, 0.05) is 30.3 Å². The van der Waals surface area contributed by atoms with Crippen LogP contribution in [0.2, 0.25) is 0 Å². The molecule has 8 heteroatoms. The number of carbonyl (C=O) groups excluding carboxylic acids is 2. The fourth-order valence-electron chi connectivity index (χ4n) is 4.96. The van der Waals surface area contributed by atoms with Crippen LogP contribution in [0.4, 0.5) is 5.82 Å². The van der Waals surface area contributed by atoms with Crippen molar-refractivity contribution in [1.29, 1.82) is 0 Å². The number of nitrogens with two attached hydrogens (primary N) is 1. The Bertz CT molecular complexity index is 1260. The molecule has 180 valence electrons. The summed E-state index contributed by atoms with van der Waals surface area (Å²) in [6.07, 6.45) is 4.29. The molecule has 1 unspecified atom stereocenters. The number of anilines is 1. The lowest BCUT2D eigenvalue weighted by Gasteiger charge is -2.15. The van der Waals surface area contributed by atoms with Crippen LogP contribution in [0.5, 0.6) is 0 Å². The number of amides is 2. The largest absolute Gasteiger partial charge is 0.382 e. The quantitative estimate of drug-likeness (QED) is 0.511. The fourth-order valence-corrected chi connectivity index (χ4v) is 4.96. The van der Waals surface area contributed by atoms with E-state index in [1.54, 1.807) is 12.1 Å². The minimum atomic E-state index is -0.325. The van der Waals surface area contributed by atoms with Gasteiger partial charge in [-0.05, 0) is 49.1 Å². The van der Waals surface area contributed by atoms with Gasteiger partial charge in [0.1, 0.15) is 0 Å². The molecule has 1 aromatic heterocycles. The van der Waals surface area contributed by atoms with Crippen LogP contribution in [-0.4, -0.2) is 52.4 Å². The highest BCUT2D eigenvalue weighted by Crippen LogP contribution is 2.31. The molecule has 35 heavy (non-hydrogen) atoms. The highest BCUT2D eigenvalue weighted by Gasteiger charge is 2.26. The summed E-state index contributed by atoms with van der Waals surface area (Å²) >= 11 is 0. The Labute approximate surface area is 205 Å². The summed E-state index contributed by atoms with van der Waals surface area (Å²) in [5.74, 6) is -0.379. The van der Waals surface area contributed by atoms with E-state index in [4.69, 9.17) is 5.73 Å². The molecule has 2 aromatic carbocycles. The minimum Gasteiger partial charge on any atom is -0.382 e. The molecule has 1 aliphatic carbocycles. The molecule has 1 aliphatic heterocycles. The third-order valence-electron chi connectivity index (χ3n) is 6.93. The predicted octanol–water partition coefficient (Wildman–Crippen LogP) is 2.97. The van der Waals surface area contributed by atoms with Crippen molar-refractivity contribution < 1.29 is 9.59 Å². The molecule has 4 N–H and O–H groups in total. The number of likely N-dealkylation sites (N-methyl/N-ethyl adjacent to an activating group) is 1. The first-order valence-corrected chi connectivity index (χ1v) is 12.2. The number of fused-ring (bicyclic) bond motifs is 1. The number of nitrogens with zero attached hydrogens (tertiary/aromatic N) is 3. The van der Waals surface area contributed by atoms with E-state index < -0.39 is 0 Å². The zero-order chi connectivity index (χ0) is 24.4. The third kappa shape index (κ3) is 4.88. The topological polar surface area (TPSA) is 113 Å². The van der Waals surface area contributed by atoms with Gasteiger partial charge in [-0.3, -0.25) is 9.59 Å². The van der Waals surface area contributed by atoms with Crippen LogP contribution in [0.1, 0.15) is 57.8 Å². The summed E-state index contributed by atoms with van der Waals surface area (Å²) in [5, 5.41) is 6.18. The van der Waals surface area contributed by atoms with Crippen molar-refractivity contribution in [3.05, 3.63) is 77.1 Å². The molecule has 2 amide bonds. The molecule has 1 saturated heterocycles. The maximum Gasteiger partial charge on any atom is 0.274 e. The van der Waals surface area contributed by atoms with Crippen LogP contribution in [0.25, 0.3) is 11.3 Å². The Balaban J connectivity index is 1.32. The number of hydrogen-bond acceptors (Lipinski definition) is 6. The van der Waals surface area contributed by atoms with Gasteiger partial charge >= 0.3 is 0 Å². The van der Waals surface area contributed by atoms with Gasteiger partial charge < -0.3 is 21.3 Å². The summed E-state index contributed by atoms with van der Waals surface area (Å²) in [5.41, 5.74) is 10.3.